The molecule has 6 unspecified atom stereocenters. The molecule has 3 fully saturated rings. The third-order valence-corrected chi connectivity index (χ3v) is 10.1. The van der Waals surface area contributed by atoms with Gasteiger partial charge in [-0.2, -0.15) is 26.0 Å². The summed E-state index contributed by atoms with van der Waals surface area (Å²) >= 11 is 5.87. The summed E-state index contributed by atoms with van der Waals surface area (Å²) in [7, 11) is -6.11. The van der Waals surface area contributed by atoms with Crippen molar-refractivity contribution in [2.24, 2.45) is 16.2 Å². The van der Waals surface area contributed by atoms with Crippen molar-refractivity contribution in [1.29, 1.82) is 0 Å². The molecule has 0 aromatic heterocycles. The van der Waals surface area contributed by atoms with E-state index >= 15 is 0 Å². The molecule has 1 aromatic rings. The molecule has 3 saturated heterocycles. The van der Waals surface area contributed by atoms with Crippen LogP contribution in [0.4, 0.5) is 13.2 Å². The molecule has 2 bridgehead atoms. The Morgan fingerprint density at radius 1 is 1.12 bits per heavy atom. The summed E-state index contributed by atoms with van der Waals surface area (Å²) in [5, 5.41) is 12.4. The second-order valence-electron chi connectivity index (χ2n) is 6.96. The number of hydrogen-bond donors (Lipinski definition) is 0. The van der Waals surface area contributed by atoms with E-state index in [-0.39, 0.29) is 5.56 Å². The summed E-state index contributed by atoms with van der Waals surface area (Å²) in [6, 6.07) is 3.45. The van der Waals surface area contributed by atoms with Gasteiger partial charge in [0, 0.05) is 10.7 Å². The van der Waals surface area contributed by atoms with E-state index in [0.717, 1.165) is 3.57 Å². The normalized spacial score (nSPS) is 31.7. The van der Waals surface area contributed by atoms with Crippen LogP contribution in [0.15, 0.2) is 16.5 Å². The fourth-order valence-corrected chi connectivity index (χ4v) is 6.66. The van der Waals surface area contributed by atoms with Crippen LogP contribution in [0.3, 0.4) is 0 Å². The Morgan fingerprint density at radius 2 is 1.75 bits per heavy atom. The number of rotatable bonds is 4. The lowest BCUT2D eigenvalue weighted by atomic mass is 9.80. The van der Waals surface area contributed by atoms with Crippen molar-refractivity contribution in [3.05, 3.63) is 28.4 Å². The SMILES string of the molecule is O=C(OC1C2OC3C(OC(=O)C31)C2/C([O-])=N/S(=O)(=O)C(F)(F)F)c1c(I)ccc(I)c1I. The van der Waals surface area contributed by atoms with Gasteiger partial charge in [-0.15, -0.1) is 0 Å². The molecule has 174 valence electrons. The number of esters is 2. The molecular formula is C16H8F3I3NO8S-. The summed E-state index contributed by atoms with van der Waals surface area (Å²) in [5.74, 6) is -6.13. The Balaban J connectivity index is 1.67. The number of carbonyl (C=O) groups excluding carboxylic acids is 2. The molecule has 3 aliphatic heterocycles. The molecule has 0 amide bonds. The van der Waals surface area contributed by atoms with Crippen molar-refractivity contribution >= 4 is 95.6 Å². The quantitative estimate of drug-likeness (QED) is 0.147. The van der Waals surface area contributed by atoms with Gasteiger partial charge < -0.3 is 19.3 Å². The number of hydrogen-bond acceptors (Lipinski definition) is 8. The zero-order valence-electron chi connectivity index (χ0n) is 15.0. The van der Waals surface area contributed by atoms with Crippen LogP contribution in [-0.4, -0.2) is 56.2 Å². The third-order valence-electron chi connectivity index (χ3n) is 5.18. The maximum absolute atomic E-state index is 12.9. The number of ether oxygens (including phenoxy) is 3. The Hall–Kier alpha value is -0.480. The van der Waals surface area contributed by atoms with Crippen molar-refractivity contribution in [2.45, 2.75) is 29.9 Å². The summed E-state index contributed by atoms with van der Waals surface area (Å²) in [6.07, 6.45) is -5.13. The van der Waals surface area contributed by atoms with Crippen molar-refractivity contribution < 1.29 is 50.5 Å². The molecule has 1 aromatic carbocycles. The number of benzene rings is 1. The molecule has 0 saturated carbocycles. The molecular weight excluding hydrogens is 804 g/mol. The summed E-state index contributed by atoms with van der Waals surface area (Å²) in [6.45, 7) is 0. The van der Waals surface area contributed by atoms with Crippen LogP contribution < -0.4 is 5.11 Å². The van der Waals surface area contributed by atoms with Crippen LogP contribution in [0.2, 0.25) is 0 Å². The fraction of sp³-hybridized carbons (Fsp3) is 0.438. The van der Waals surface area contributed by atoms with E-state index in [4.69, 9.17) is 14.2 Å². The van der Waals surface area contributed by atoms with Gasteiger partial charge in [0.1, 0.15) is 30.3 Å². The number of alkyl halides is 3. The molecule has 16 heteroatoms. The predicted octanol–water partition coefficient (Wildman–Crippen LogP) is 1.57. The summed E-state index contributed by atoms with van der Waals surface area (Å²) in [4.78, 5) is 25.2. The fourth-order valence-electron chi connectivity index (χ4n) is 3.87. The first kappa shape index (κ1) is 24.6. The largest absolute Gasteiger partial charge is 0.861 e. The van der Waals surface area contributed by atoms with Gasteiger partial charge in [0.2, 0.25) is 0 Å². The highest BCUT2D eigenvalue weighted by Gasteiger charge is 2.70. The molecule has 3 heterocycles. The molecule has 6 atom stereocenters. The predicted molar refractivity (Wildman–Crippen MR) is 122 cm³/mol. The van der Waals surface area contributed by atoms with Crippen molar-refractivity contribution in [2.75, 3.05) is 0 Å². The van der Waals surface area contributed by atoms with Gasteiger partial charge in [0.05, 0.1) is 11.5 Å². The number of sulfonamides is 1. The summed E-state index contributed by atoms with van der Waals surface area (Å²) < 4.78 is 80.8. The molecule has 0 spiro atoms. The Bertz CT molecular complexity index is 1160. The van der Waals surface area contributed by atoms with E-state index in [1.54, 1.807) is 12.1 Å². The maximum Gasteiger partial charge on any atom is 0.518 e. The van der Waals surface area contributed by atoms with Gasteiger partial charge in [-0.05, 0) is 85.8 Å². The van der Waals surface area contributed by atoms with E-state index in [2.05, 4.69) is 4.40 Å². The number of nitrogens with zero attached hydrogens (tertiary/aromatic N) is 1. The standard InChI is InChI=1S/C16H9F3I3NO8S/c17-16(18,19)32(27,28)23-13(24)6-9-12(7-11(29-9)10(6)30-15(7)26)31-14(25)5-3(20)1-2-4(21)8(5)22/h1-2,6-7,9-12H,(H,23,24)/p-1. The Kier molecular flexibility index (Phi) is 6.41. The highest BCUT2D eigenvalue weighted by molar-refractivity contribution is 14.1. The Morgan fingerprint density at radius 3 is 2.38 bits per heavy atom. The molecule has 0 N–H and O–H groups in total. The number of halogens is 6. The molecule has 9 nitrogen and oxygen atoms in total. The first-order valence-corrected chi connectivity index (χ1v) is 13.2. The minimum Gasteiger partial charge on any atom is -0.861 e. The van der Waals surface area contributed by atoms with Gasteiger partial charge in [-0.25, -0.2) is 4.79 Å². The smallest absolute Gasteiger partial charge is 0.518 e. The molecule has 32 heavy (non-hydrogen) atoms. The minimum absolute atomic E-state index is 0.205. The zero-order chi connectivity index (χ0) is 23.7. The van der Waals surface area contributed by atoms with Crippen LogP contribution >= 0.6 is 67.8 Å². The van der Waals surface area contributed by atoms with Crippen molar-refractivity contribution in [1.82, 2.24) is 0 Å². The monoisotopic (exact) mass is 812 g/mol. The average molecular weight is 812 g/mol. The van der Waals surface area contributed by atoms with Gasteiger partial charge in [0.15, 0.2) is 0 Å². The van der Waals surface area contributed by atoms with E-state index in [0.29, 0.717) is 7.14 Å². The lowest BCUT2D eigenvalue weighted by Gasteiger charge is -2.31. The van der Waals surface area contributed by atoms with Gasteiger partial charge in [0.25, 0.3) is 0 Å². The van der Waals surface area contributed by atoms with E-state index < -0.39 is 69.6 Å². The third kappa shape index (κ3) is 3.89. The second-order valence-corrected chi connectivity index (χ2v) is 12.0. The van der Waals surface area contributed by atoms with E-state index in [1.807, 2.05) is 67.8 Å². The number of carbonyl (C=O) groups is 2. The van der Waals surface area contributed by atoms with Crippen LogP contribution in [0, 0.1) is 22.5 Å². The van der Waals surface area contributed by atoms with Crippen LogP contribution in [-0.2, 0) is 29.0 Å². The lowest BCUT2D eigenvalue weighted by molar-refractivity contribution is -0.228. The topological polar surface area (TPSA) is 131 Å². The average Bonchev–Trinajstić information content (AvgIpc) is 3.26. The Labute approximate surface area is 218 Å². The minimum atomic E-state index is -6.11. The number of fused-ring (bicyclic) bond motifs is 1. The van der Waals surface area contributed by atoms with Crippen molar-refractivity contribution in [3.63, 3.8) is 0 Å². The van der Waals surface area contributed by atoms with Crippen LogP contribution in [0.1, 0.15) is 10.4 Å². The van der Waals surface area contributed by atoms with Crippen molar-refractivity contribution in [3.8, 4) is 0 Å². The highest BCUT2D eigenvalue weighted by Crippen LogP contribution is 2.51. The highest BCUT2D eigenvalue weighted by atomic mass is 127. The molecule has 0 aliphatic carbocycles. The van der Waals surface area contributed by atoms with Crippen LogP contribution in [0.5, 0.6) is 0 Å². The second kappa shape index (κ2) is 8.33. The molecule has 3 aliphatic rings. The lowest BCUT2D eigenvalue weighted by Crippen LogP contribution is -2.50. The molecule has 4 rings (SSSR count). The molecule has 0 radical (unpaired) electrons. The summed E-state index contributed by atoms with van der Waals surface area (Å²) in [5.41, 5.74) is -5.57. The van der Waals surface area contributed by atoms with E-state index in [9.17, 15) is 36.3 Å². The van der Waals surface area contributed by atoms with Gasteiger partial charge in [-0.3, -0.25) is 4.79 Å². The first-order chi connectivity index (χ1) is 14.7. The van der Waals surface area contributed by atoms with Crippen LogP contribution in [0.25, 0.3) is 0 Å². The van der Waals surface area contributed by atoms with Gasteiger partial charge in [-0.1, -0.05) is 0 Å². The zero-order valence-corrected chi connectivity index (χ0v) is 22.3. The van der Waals surface area contributed by atoms with Gasteiger partial charge >= 0.3 is 27.5 Å². The maximum atomic E-state index is 12.9. The van der Waals surface area contributed by atoms with E-state index in [1.165, 1.54) is 0 Å². The first-order valence-electron chi connectivity index (χ1n) is 8.53.